The van der Waals surface area contributed by atoms with Gasteiger partial charge >= 0.3 is 5.97 Å². The third-order valence-electron chi connectivity index (χ3n) is 3.81. The molecule has 5 nitrogen and oxygen atoms in total. The Hall–Kier alpha value is -3.39. The second kappa shape index (κ2) is 6.80. The smallest absolute Gasteiger partial charge is 0.335 e. The van der Waals surface area contributed by atoms with Gasteiger partial charge in [-0.05, 0) is 36.1 Å². The molecular weight excluding hydrogens is 302 g/mol. The summed E-state index contributed by atoms with van der Waals surface area (Å²) in [5, 5.41) is 18.4. The summed E-state index contributed by atoms with van der Waals surface area (Å²) in [6.07, 6.45) is 6.55. The van der Waals surface area contributed by atoms with E-state index in [1.807, 2.05) is 24.4 Å². The Balaban J connectivity index is 1.86. The number of aromatic nitrogens is 2. The molecule has 3 aromatic rings. The third-order valence-corrected chi connectivity index (χ3v) is 3.81. The summed E-state index contributed by atoms with van der Waals surface area (Å²) in [6, 6.07) is 15.2. The zero-order chi connectivity index (χ0) is 16.9. The summed E-state index contributed by atoms with van der Waals surface area (Å²) in [7, 11) is 0. The molecule has 0 aliphatic rings. The van der Waals surface area contributed by atoms with Crippen LogP contribution in [-0.4, -0.2) is 20.6 Å². The molecule has 0 bridgehead atoms. The molecule has 5 heteroatoms. The molecule has 0 unspecified atom stereocenters. The molecule has 2 heterocycles. The maximum atomic E-state index is 11.1. The van der Waals surface area contributed by atoms with Crippen LogP contribution >= 0.6 is 0 Å². The quantitative estimate of drug-likeness (QED) is 0.783. The van der Waals surface area contributed by atoms with Crippen LogP contribution in [0.1, 0.15) is 27.0 Å². The zero-order valence-electron chi connectivity index (χ0n) is 12.9. The highest BCUT2D eigenvalue weighted by Crippen LogP contribution is 2.17. The normalized spacial score (nSPS) is 10.3. The molecule has 1 aromatic carbocycles. The predicted molar refractivity (Wildman–Crippen MR) is 89.1 cm³/mol. The number of rotatable bonds is 5. The average molecular weight is 317 g/mol. The first-order valence-corrected chi connectivity index (χ1v) is 7.52. The van der Waals surface area contributed by atoms with Crippen LogP contribution in [-0.2, 0) is 12.8 Å². The van der Waals surface area contributed by atoms with Gasteiger partial charge in [0.05, 0.1) is 11.1 Å². The molecule has 3 rings (SSSR count). The number of aromatic carboxylic acids is 1. The van der Waals surface area contributed by atoms with Gasteiger partial charge in [-0.15, -0.1) is 0 Å². The van der Waals surface area contributed by atoms with Crippen LogP contribution in [0.25, 0.3) is 5.82 Å². The minimum atomic E-state index is -1.00. The van der Waals surface area contributed by atoms with E-state index in [0.29, 0.717) is 11.4 Å². The number of hydrogen-bond acceptors (Lipinski definition) is 3. The Kier molecular flexibility index (Phi) is 4.39. The maximum absolute atomic E-state index is 11.1. The molecule has 0 saturated carbocycles. The second-order valence-corrected chi connectivity index (χ2v) is 5.41. The largest absolute Gasteiger partial charge is 0.478 e. The molecule has 1 N–H and O–H groups in total. The number of nitrogens with zero attached hydrogens (tertiary/aromatic N) is 3. The van der Waals surface area contributed by atoms with Crippen molar-refractivity contribution in [1.29, 1.82) is 5.26 Å². The number of carbonyl (C=O) groups is 1. The number of aryl methyl sites for hydroxylation is 2. The molecule has 2 aromatic heterocycles. The van der Waals surface area contributed by atoms with Gasteiger partial charge < -0.3 is 9.67 Å². The first-order valence-electron chi connectivity index (χ1n) is 7.52. The van der Waals surface area contributed by atoms with Gasteiger partial charge in [0.2, 0.25) is 0 Å². The highest BCUT2D eigenvalue weighted by Gasteiger charge is 2.10. The molecule has 0 aliphatic carbocycles. The first kappa shape index (κ1) is 15.5. The van der Waals surface area contributed by atoms with Crippen LogP contribution < -0.4 is 0 Å². The van der Waals surface area contributed by atoms with E-state index >= 15 is 0 Å². The fourth-order valence-corrected chi connectivity index (χ4v) is 2.55. The van der Waals surface area contributed by atoms with E-state index in [1.165, 1.54) is 23.9 Å². The minimum Gasteiger partial charge on any atom is -0.478 e. The average Bonchev–Trinajstić information content (AvgIpc) is 3.04. The molecule has 0 atom stereocenters. The fourth-order valence-electron chi connectivity index (χ4n) is 2.55. The van der Waals surface area contributed by atoms with Gasteiger partial charge in [0.1, 0.15) is 11.9 Å². The number of carboxylic acids is 1. The summed E-state index contributed by atoms with van der Waals surface area (Å²) in [6.45, 7) is 0. The van der Waals surface area contributed by atoms with Gasteiger partial charge in [0.15, 0.2) is 0 Å². The standard InChI is InChI=1S/C19H15N3O2/c20-11-17-13-22(18-10-15(19(23)24)8-9-21-18)12-16(17)7-6-14-4-2-1-3-5-14/h1-5,8-10,12-13H,6-7H2,(H,23,24). The number of pyridine rings is 1. The fraction of sp³-hybridized carbons (Fsp3) is 0.105. The maximum Gasteiger partial charge on any atom is 0.335 e. The van der Waals surface area contributed by atoms with E-state index in [-0.39, 0.29) is 5.56 Å². The summed E-state index contributed by atoms with van der Waals surface area (Å²) < 4.78 is 1.70. The van der Waals surface area contributed by atoms with Crippen LogP contribution in [0, 0.1) is 11.3 Å². The van der Waals surface area contributed by atoms with E-state index < -0.39 is 5.97 Å². The van der Waals surface area contributed by atoms with E-state index in [0.717, 1.165) is 18.4 Å². The number of hydrogen-bond donors (Lipinski definition) is 1. The van der Waals surface area contributed by atoms with Gasteiger partial charge in [-0.1, -0.05) is 30.3 Å². The van der Waals surface area contributed by atoms with Crippen LogP contribution in [0.15, 0.2) is 61.1 Å². The predicted octanol–water partition coefficient (Wildman–Crippen LogP) is 3.23. The molecule has 0 saturated heterocycles. The summed E-state index contributed by atoms with van der Waals surface area (Å²) in [4.78, 5) is 15.3. The molecule has 0 spiro atoms. The Morgan fingerprint density at radius 2 is 1.96 bits per heavy atom. The van der Waals surface area contributed by atoms with E-state index in [4.69, 9.17) is 5.11 Å². The Morgan fingerprint density at radius 1 is 1.17 bits per heavy atom. The highest BCUT2D eigenvalue weighted by atomic mass is 16.4. The van der Waals surface area contributed by atoms with Crippen molar-refractivity contribution in [3.63, 3.8) is 0 Å². The zero-order valence-corrected chi connectivity index (χ0v) is 12.9. The highest BCUT2D eigenvalue weighted by molar-refractivity contribution is 5.87. The summed E-state index contributed by atoms with van der Waals surface area (Å²) >= 11 is 0. The Bertz CT molecular complexity index is 908. The summed E-state index contributed by atoms with van der Waals surface area (Å²) in [5.41, 5.74) is 2.87. The molecule has 0 radical (unpaired) electrons. The molecular formula is C19H15N3O2. The van der Waals surface area contributed by atoms with Gasteiger partial charge in [-0.2, -0.15) is 5.26 Å². The van der Waals surface area contributed by atoms with E-state index in [1.54, 1.807) is 10.8 Å². The van der Waals surface area contributed by atoms with Gasteiger partial charge in [-0.25, -0.2) is 9.78 Å². The molecule has 0 fully saturated rings. The lowest BCUT2D eigenvalue weighted by molar-refractivity contribution is 0.0696. The van der Waals surface area contributed by atoms with Crippen molar-refractivity contribution in [2.45, 2.75) is 12.8 Å². The number of benzene rings is 1. The van der Waals surface area contributed by atoms with E-state index in [9.17, 15) is 10.1 Å². The first-order chi connectivity index (χ1) is 11.7. The van der Waals surface area contributed by atoms with Crippen LogP contribution in [0.2, 0.25) is 0 Å². The van der Waals surface area contributed by atoms with Gasteiger partial charge in [0, 0.05) is 18.6 Å². The lowest BCUT2D eigenvalue weighted by atomic mass is 10.0. The van der Waals surface area contributed by atoms with Crippen molar-refractivity contribution in [2.75, 3.05) is 0 Å². The number of carboxylic acid groups (broad SMARTS) is 1. The monoisotopic (exact) mass is 317 g/mol. The second-order valence-electron chi connectivity index (χ2n) is 5.41. The molecule has 0 amide bonds. The van der Waals surface area contributed by atoms with Crippen molar-refractivity contribution in [2.24, 2.45) is 0 Å². The van der Waals surface area contributed by atoms with Crippen LogP contribution in [0.3, 0.4) is 0 Å². The Labute approximate surface area is 139 Å². The van der Waals surface area contributed by atoms with Crippen LogP contribution in [0.4, 0.5) is 0 Å². The van der Waals surface area contributed by atoms with Gasteiger partial charge in [-0.3, -0.25) is 0 Å². The molecule has 24 heavy (non-hydrogen) atoms. The van der Waals surface area contributed by atoms with Crippen molar-refractivity contribution >= 4 is 5.97 Å². The Morgan fingerprint density at radius 3 is 2.67 bits per heavy atom. The molecule has 0 aliphatic heterocycles. The molecule has 118 valence electrons. The van der Waals surface area contributed by atoms with Crippen molar-refractivity contribution in [3.05, 3.63) is 83.3 Å². The van der Waals surface area contributed by atoms with Crippen molar-refractivity contribution in [3.8, 4) is 11.9 Å². The topological polar surface area (TPSA) is 78.9 Å². The lowest BCUT2D eigenvalue weighted by Gasteiger charge is -2.03. The van der Waals surface area contributed by atoms with Crippen molar-refractivity contribution in [1.82, 2.24) is 9.55 Å². The number of nitriles is 1. The SMILES string of the molecule is N#Cc1cn(-c2cc(C(=O)O)ccn2)cc1CCc1ccccc1. The lowest BCUT2D eigenvalue weighted by Crippen LogP contribution is -2.00. The minimum absolute atomic E-state index is 0.165. The van der Waals surface area contributed by atoms with E-state index in [2.05, 4.69) is 23.2 Å². The van der Waals surface area contributed by atoms with Crippen LogP contribution in [0.5, 0.6) is 0 Å². The summed E-state index contributed by atoms with van der Waals surface area (Å²) in [5.74, 6) is -0.520. The van der Waals surface area contributed by atoms with Gasteiger partial charge in [0.25, 0.3) is 0 Å². The third kappa shape index (κ3) is 3.33. The van der Waals surface area contributed by atoms with Crippen molar-refractivity contribution < 1.29 is 9.90 Å².